The van der Waals surface area contributed by atoms with E-state index in [0.29, 0.717) is 5.13 Å². The van der Waals surface area contributed by atoms with Crippen molar-refractivity contribution in [2.75, 3.05) is 22.6 Å². The van der Waals surface area contributed by atoms with Crippen molar-refractivity contribution in [1.29, 1.82) is 0 Å². The average molecular weight is 382 g/mol. The van der Waals surface area contributed by atoms with Crippen LogP contribution in [-0.4, -0.2) is 38.6 Å². The average Bonchev–Trinajstić information content (AvgIpc) is 3.04. The third-order valence-corrected chi connectivity index (χ3v) is 10.1. The molecule has 0 radical (unpaired) electrons. The lowest BCUT2D eigenvalue weighted by molar-refractivity contribution is -0.115. The van der Waals surface area contributed by atoms with Crippen molar-refractivity contribution in [2.45, 2.75) is 49.2 Å². The van der Waals surface area contributed by atoms with Crippen LogP contribution in [0.1, 0.15) is 43.5 Å². The van der Waals surface area contributed by atoms with Crippen molar-refractivity contribution in [3.05, 3.63) is 5.01 Å². The highest BCUT2D eigenvalue weighted by Crippen LogP contribution is 2.61. The molecular formula is C17H23N3OS3. The van der Waals surface area contributed by atoms with Crippen LogP contribution in [0.3, 0.4) is 0 Å². The Morgan fingerprint density at radius 3 is 2.38 bits per heavy atom. The molecule has 1 atom stereocenters. The quantitative estimate of drug-likeness (QED) is 0.863. The lowest BCUT2D eigenvalue weighted by atomic mass is 9.50. The van der Waals surface area contributed by atoms with E-state index < -0.39 is 0 Å². The fraction of sp³-hybridized carbons (Fsp3) is 0.824. The number of nitrogens with zero attached hydrogens (tertiary/aromatic N) is 2. The Labute approximate surface area is 155 Å². The number of nitrogens with one attached hydrogen (secondary N) is 1. The van der Waals surface area contributed by atoms with Crippen LogP contribution < -0.4 is 5.32 Å². The molecule has 4 aliphatic carbocycles. The molecule has 1 aromatic rings. The summed E-state index contributed by atoms with van der Waals surface area (Å²) >= 11 is 5.28. The van der Waals surface area contributed by atoms with E-state index in [1.165, 1.54) is 43.5 Å². The first kappa shape index (κ1) is 15.9. The number of thioether (sulfide) groups is 2. The number of aromatic nitrogens is 2. The summed E-state index contributed by atoms with van der Waals surface area (Å²) in [7, 11) is 0. The van der Waals surface area contributed by atoms with E-state index in [4.69, 9.17) is 0 Å². The van der Waals surface area contributed by atoms with Crippen LogP contribution >= 0.6 is 34.9 Å². The number of carbonyl (C=O) groups excluding carboxylic acids is 1. The Balaban J connectivity index is 1.31. The van der Waals surface area contributed by atoms with Crippen LogP contribution in [0.2, 0.25) is 0 Å². The van der Waals surface area contributed by atoms with Crippen molar-refractivity contribution >= 4 is 45.9 Å². The van der Waals surface area contributed by atoms with E-state index in [1.54, 1.807) is 23.1 Å². The van der Waals surface area contributed by atoms with Gasteiger partial charge in [0.2, 0.25) is 11.0 Å². The van der Waals surface area contributed by atoms with Gasteiger partial charge >= 0.3 is 0 Å². The summed E-state index contributed by atoms with van der Waals surface area (Å²) < 4.78 is 0. The lowest BCUT2D eigenvalue weighted by Crippen LogP contribution is -2.48. The number of rotatable bonds is 3. The monoisotopic (exact) mass is 381 g/mol. The Hall–Kier alpha value is -0.270. The van der Waals surface area contributed by atoms with Crippen LogP contribution in [0.15, 0.2) is 0 Å². The van der Waals surface area contributed by atoms with Crippen LogP contribution in [0.4, 0.5) is 5.13 Å². The Kier molecular flexibility index (Phi) is 4.09. The van der Waals surface area contributed by atoms with Gasteiger partial charge in [-0.15, -0.1) is 22.0 Å². The normalized spacial score (nSPS) is 40.7. The molecule has 1 aliphatic heterocycles. The highest BCUT2D eigenvalue weighted by atomic mass is 32.2. The fourth-order valence-electron chi connectivity index (χ4n) is 5.69. The molecule has 24 heavy (non-hydrogen) atoms. The molecule has 130 valence electrons. The predicted molar refractivity (Wildman–Crippen MR) is 102 cm³/mol. The zero-order valence-corrected chi connectivity index (χ0v) is 16.2. The minimum Gasteiger partial charge on any atom is -0.300 e. The first-order valence-corrected chi connectivity index (χ1v) is 12.1. The summed E-state index contributed by atoms with van der Waals surface area (Å²) in [4.78, 5) is 12.4. The molecule has 6 rings (SSSR count). The van der Waals surface area contributed by atoms with Gasteiger partial charge in [-0.2, -0.15) is 11.8 Å². The van der Waals surface area contributed by atoms with Crippen LogP contribution in [0.5, 0.6) is 0 Å². The molecule has 4 nitrogen and oxygen atoms in total. The molecule has 7 heteroatoms. The number of anilines is 1. The Morgan fingerprint density at radius 2 is 1.75 bits per heavy atom. The molecular weight excluding hydrogens is 358 g/mol. The summed E-state index contributed by atoms with van der Waals surface area (Å²) in [6, 6.07) is 0. The van der Waals surface area contributed by atoms with Gasteiger partial charge in [-0.1, -0.05) is 11.3 Å². The van der Waals surface area contributed by atoms with Crippen molar-refractivity contribution in [1.82, 2.24) is 10.2 Å². The minimum atomic E-state index is 0.0654. The maximum Gasteiger partial charge on any atom is 0.240 e. The molecule has 1 saturated heterocycles. The first-order valence-electron chi connectivity index (χ1n) is 9.04. The topological polar surface area (TPSA) is 54.9 Å². The molecule has 2 heterocycles. The smallest absolute Gasteiger partial charge is 0.240 e. The Morgan fingerprint density at radius 1 is 1.04 bits per heavy atom. The fourth-order valence-corrected chi connectivity index (χ4v) is 9.21. The van der Waals surface area contributed by atoms with E-state index in [1.807, 2.05) is 11.8 Å². The van der Waals surface area contributed by atoms with Gasteiger partial charge in [0, 0.05) is 22.7 Å². The second-order valence-corrected chi connectivity index (χ2v) is 11.5. The van der Waals surface area contributed by atoms with Crippen molar-refractivity contribution in [2.24, 2.45) is 17.8 Å². The summed E-state index contributed by atoms with van der Waals surface area (Å²) in [6.07, 6.45) is 8.23. The number of carbonyl (C=O) groups is 1. The van der Waals surface area contributed by atoms with E-state index >= 15 is 0 Å². The molecule has 1 aromatic heterocycles. The van der Waals surface area contributed by atoms with E-state index in [0.717, 1.165) is 35.0 Å². The third-order valence-electron chi connectivity index (χ3n) is 6.26. The molecule has 5 aliphatic rings. The van der Waals surface area contributed by atoms with Crippen LogP contribution in [0, 0.1) is 17.8 Å². The highest BCUT2D eigenvalue weighted by Gasteiger charge is 2.53. The molecule has 4 saturated carbocycles. The van der Waals surface area contributed by atoms with Gasteiger partial charge in [0.25, 0.3) is 0 Å². The van der Waals surface area contributed by atoms with Crippen LogP contribution in [0.25, 0.3) is 0 Å². The molecule has 0 aromatic carbocycles. The van der Waals surface area contributed by atoms with E-state index in [-0.39, 0.29) is 16.6 Å². The first-order chi connectivity index (χ1) is 11.7. The molecule has 1 N–H and O–H groups in total. The summed E-state index contributed by atoms with van der Waals surface area (Å²) in [5, 5.41) is 13.9. The lowest BCUT2D eigenvalue weighted by Gasteiger charge is -2.55. The molecule has 0 spiro atoms. The summed E-state index contributed by atoms with van der Waals surface area (Å²) in [5.41, 5.74) is 0.283. The van der Waals surface area contributed by atoms with Crippen molar-refractivity contribution < 1.29 is 4.79 Å². The van der Waals surface area contributed by atoms with Crippen LogP contribution in [-0.2, 0) is 10.2 Å². The summed E-state index contributed by atoms with van der Waals surface area (Å²) in [6.45, 7) is 0. The molecule has 1 unspecified atom stereocenters. The predicted octanol–water partition coefficient (Wildman–Crippen LogP) is 3.79. The number of hydrogen-bond donors (Lipinski definition) is 1. The third kappa shape index (κ3) is 2.80. The van der Waals surface area contributed by atoms with Gasteiger partial charge in [0.15, 0.2) is 0 Å². The second kappa shape index (κ2) is 6.16. The maximum atomic E-state index is 12.4. The number of amides is 1. The SMILES string of the molecule is O=C(Nc1nnc(C23CC4CC(CC(C4)C2)C3)s1)C1CSCCS1. The standard InChI is InChI=1S/C17H23N3OS3/c21-14(13-9-22-1-2-23-13)18-16-20-19-15(24-16)17-6-10-3-11(7-17)5-12(4-10)8-17/h10-13H,1-9H2,(H,18,20,21). The molecule has 1 amide bonds. The zero-order chi connectivity index (χ0) is 16.1. The van der Waals surface area contributed by atoms with Gasteiger partial charge < -0.3 is 0 Å². The number of hydrogen-bond acceptors (Lipinski definition) is 6. The van der Waals surface area contributed by atoms with Gasteiger partial charge in [-0.05, 0) is 56.3 Å². The molecule has 4 bridgehead atoms. The van der Waals surface area contributed by atoms with Crippen molar-refractivity contribution in [3.63, 3.8) is 0 Å². The van der Waals surface area contributed by atoms with Gasteiger partial charge in [-0.25, -0.2) is 0 Å². The maximum absolute atomic E-state index is 12.4. The van der Waals surface area contributed by atoms with Gasteiger partial charge in [0.1, 0.15) is 5.01 Å². The molecule has 5 fully saturated rings. The highest BCUT2D eigenvalue weighted by molar-refractivity contribution is 8.07. The largest absolute Gasteiger partial charge is 0.300 e. The van der Waals surface area contributed by atoms with Gasteiger partial charge in [-0.3, -0.25) is 10.1 Å². The minimum absolute atomic E-state index is 0.0654. The van der Waals surface area contributed by atoms with E-state index in [9.17, 15) is 4.79 Å². The second-order valence-electron chi connectivity index (χ2n) is 8.03. The summed E-state index contributed by atoms with van der Waals surface area (Å²) in [5.74, 6) is 5.98. The zero-order valence-electron chi connectivity index (χ0n) is 13.7. The Bertz CT molecular complexity index is 605. The van der Waals surface area contributed by atoms with Crippen molar-refractivity contribution in [3.8, 4) is 0 Å². The van der Waals surface area contributed by atoms with Gasteiger partial charge in [0.05, 0.1) is 5.25 Å². The van der Waals surface area contributed by atoms with E-state index in [2.05, 4.69) is 15.5 Å².